The Kier molecular flexibility index (Phi) is 4.84. The van der Waals surface area contributed by atoms with Gasteiger partial charge in [-0.15, -0.1) is 0 Å². The second-order valence-electron chi connectivity index (χ2n) is 7.34. The molecule has 0 bridgehead atoms. The number of ether oxygens (including phenoxy) is 1. The molecule has 3 aromatic carbocycles. The molecule has 0 atom stereocenters. The van der Waals surface area contributed by atoms with Crippen molar-refractivity contribution in [1.29, 1.82) is 0 Å². The van der Waals surface area contributed by atoms with Crippen LogP contribution in [0.4, 0.5) is 0 Å². The third kappa shape index (κ3) is 3.51. The number of benzene rings is 3. The van der Waals surface area contributed by atoms with E-state index in [9.17, 15) is 4.79 Å². The maximum absolute atomic E-state index is 13.6. The fourth-order valence-electron chi connectivity index (χ4n) is 3.82. The Bertz CT molecular complexity index is 1390. The van der Waals surface area contributed by atoms with Gasteiger partial charge in [0.2, 0.25) is 0 Å². The third-order valence-corrected chi connectivity index (χ3v) is 5.40. The van der Waals surface area contributed by atoms with Gasteiger partial charge in [-0.25, -0.2) is 4.98 Å². The van der Waals surface area contributed by atoms with Crippen LogP contribution in [-0.4, -0.2) is 21.2 Å². The molecule has 0 fully saturated rings. The number of hydrogen-bond acceptors (Lipinski definition) is 3. The van der Waals surface area contributed by atoms with Gasteiger partial charge in [-0.2, -0.15) is 0 Å². The zero-order valence-corrected chi connectivity index (χ0v) is 17.1. The molecule has 0 spiro atoms. The van der Waals surface area contributed by atoms with Crippen LogP contribution < -0.4 is 10.3 Å². The van der Waals surface area contributed by atoms with Crippen molar-refractivity contribution in [2.75, 3.05) is 7.11 Å². The second kappa shape index (κ2) is 7.95. The van der Waals surface area contributed by atoms with Gasteiger partial charge in [0.05, 0.1) is 19.0 Å². The van der Waals surface area contributed by atoms with Crippen molar-refractivity contribution in [2.24, 2.45) is 0 Å². The monoisotopic (exact) mass is 407 g/mol. The summed E-state index contributed by atoms with van der Waals surface area (Å²) in [6.45, 7) is 0.477. The average molecular weight is 407 g/mol. The zero-order chi connectivity index (χ0) is 21.2. The van der Waals surface area contributed by atoms with Gasteiger partial charge in [-0.3, -0.25) is 9.36 Å². The molecular weight excluding hydrogens is 386 g/mol. The van der Waals surface area contributed by atoms with Gasteiger partial charge in [0.15, 0.2) is 5.65 Å². The van der Waals surface area contributed by atoms with Crippen molar-refractivity contribution in [3.63, 3.8) is 0 Å². The highest BCUT2D eigenvalue weighted by Gasteiger charge is 2.17. The van der Waals surface area contributed by atoms with Crippen LogP contribution in [0.25, 0.3) is 27.8 Å². The van der Waals surface area contributed by atoms with Crippen LogP contribution in [0.15, 0.2) is 102 Å². The predicted octanol–water partition coefficient (Wildman–Crippen LogP) is 4.91. The van der Waals surface area contributed by atoms with E-state index < -0.39 is 0 Å². The van der Waals surface area contributed by atoms with E-state index in [1.54, 1.807) is 18.0 Å². The van der Waals surface area contributed by atoms with E-state index in [-0.39, 0.29) is 5.56 Å². The molecule has 0 aliphatic heterocycles. The van der Waals surface area contributed by atoms with Crippen molar-refractivity contribution in [2.45, 2.75) is 6.54 Å². The first-order valence-corrected chi connectivity index (χ1v) is 10.1. The first-order valence-electron chi connectivity index (χ1n) is 10.1. The summed E-state index contributed by atoms with van der Waals surface area (Å²) in [5.74, 6) is 0.779. The molecule has 0 saturated carbocycles. The van der Waals surface area contributed by atoms with Gasteiger partial charge in [-0.1, -0.05) is 60.7 Å². The van der Waals surface area contributed by atoms with Crippen LogP contribution >= 0.6 is 0 Å². The summed E-state index contributed by atoms with van der Waals surface area (Å²) in [6, 6.07) is 27.6. The molecule has 2 aromatic heterocycles. The Labute approximate surface area is 179 Å². The van der Waals surface area contributed by atoms with Crippen molar-refractivity contribution in [3.05, 3.63) is 113 Å². The Balaban J connectivity index is 1.72. The summed E-state index contributed by atoms with van der Waals surface area (Å²) in [4.78, 5) is 18.3. The van der Waals surface area contributed by atoms with E-state index in [0.29, 0.717) is 17.6 Å². The molecule has 2 heterocycles. The Morgan fingerprint density at radius 2 is 1.55 bits per heavy atom. The molecule has 0 unspecified atom stereocenters. The highest BCUT2D eigenvalue weighted by Crippen LogP contribution is 2.30. The topological polar surface area (TPSA) is 49.0 Å². The lowest BCUT2D eigenvalue weighted by Crippen LogP contribution is -2.21. The normalized spacial score (nSPS) is 11.0. The third-order valence-electron chi connectivity index (χ3n) is 5.40. The summed E-state index contributed by atoms with van der Waals surface area (Å²) in [5.41, 5.74) is 4.41. The molecule has 5 aromatic rings. The van der Waals surface area contributed by atoms with Gasteiger partial charge in [0, 0.05) is 17.4 Å². The van der Waals surface area contributed by atoms with Crippen LogP contribution in [0, 0.1) is 0 Å². The van der Waals surface area contributed by atoms with E-state index in [1.165, 1.54) is 0 Å². The number of hydrogen-bond donors (Lipinski definition) is 0. The molecule has 0 aliphatic carbocycles. The Hall–Kier alpha value is -4.12. The van der Waals surface area contributed by atoms with Gasteiger partial charge >= 0.3 is 0 Å². The first-order chi connectivity index (χ1) is 15.2. The lowest BCUT2D eigenvalue weighted by Gasteiger charge is -2.08. The Morgan fingerprint density at radius 1 is 0.871 bits per heavy atom. The molecule has 0 radical (unpaired) electrons. The second-order valence-corrected chi connectivity index (χ2v) is 7.34. The van der Waals surface area contributed by atoms with Crippen molar-refractivity contribution < 1.29 is 4.74 Å². The molecule has 0 N–H and O–H groups in total. The fourth-order valence-corrected chi connectivity index (χ4v) is 3.82. The maximum atomic E-state index is 13.6. The van der Waals surface area contributed by atoms with Gasteiger partial charge in [0.25, 0.3) is 5.56 Å². The molecule has 0 amide bonds. The lowest BCUT2D eigenvalue weighted by molar-refractivity contribution is 0.415. The maximum Gasteiger partial charge on any atom is 0.263 e. The van der Waals surface area contributed by atoms with Crippen LogP contribution in [0.2, 0.25) is 0 Å². The largest absolute Gasteiger partial charge is 0.497 e. The minimum Gasteiger partial charge on any atom is -0.497 e. The smallest absolute Gasteiger partial charge is 0.263 e. The summed E-state index contributed by atoms with van der Waals surface area (Å²) in [7, 11) is 1.64. The molecule has 5 heteroatoms. The van der Waals surface area contributed by atoms with Crippen LogP contribution in [0.1, 0.15) is 5.56 Å². The lowest BCUT2D eigenvalue weighted by atomic mass is 10.1. The van der Waals surface area contributed by atoms with E-state index in [1.807, 2.05) is 95.7 Å². The van der Waals surface area contributed by atoms with E-state index in [2.05, 4.69) is 0 Å². The van der Waals surface area contributed by atoms with Crippen molar-refractivity contribution in [1.82, 2.24) is 14.1 Å². The zero-order valence-electron chi connectivity index (χ0n) is 17.1. The molecule has 5 rings (SSSR count). The summed E-state index contributed by atoms with van der Waals surface area (Å²) in [6.07, 6.45) is 3.62. The van der Waals surface area contributed by atoms with Crippen molar-refractivity contribution in [3.8, 4) is 22.6 Å². The van der Waals surface area contributed by atoms with Gasteiger partial charge in [-0.05, 0) is 35.4 Å². The molecule has 152 valence electrons. The number of aromatic nitrogens is 3. The molecule has 0 saturated heterocycles. The fraction of sp³-hybridized carbons (Fsp3) is 0.0769. The highest BCUT2D eigenvalue weighted by atomic mass is 16.5. The summed E-state index contributed by atoms with van der Waals surface area (Å²) in [5, 5.41) is 0.612. The molecule has 0 aliphatic rings. The van der Waals surface area contributed by atoms with Crippen LogP contribution in [-0.2, 0) is 6.54 Å². The molecular formula is C26H21N3O2. The van der Waals surface area contributed by atoms with Gasteiger partial charge < -0.3 is 9.30 Å². The van der Waals surface area contributed by atoms with E-state index >= 15 is 0 Å². The van der Waals surface area contributed by atoms with E-state index in [4.69, 9.17) is 9.72 Å². The SMILES string of the molecule is COc1ccc(-n2cc(-c3ccccc3)c3c(=O)n(Cc4ccccc4)cnc32)cc1. The number of rotatable bonds is 5. The number of methoxy groups -OCH3 is 1. The van der Waals surface area contributed by atoms with E-state index in [0.717, 1.165) is 28.1 Å². The van der Waals surface area contributed by atoms with Crippen LogP contribution in [0.5, 0.6) is 5.75 Å². The standard InChI is InChI=1S/C26H21N3O2/c1-31-22-14-12-21(13-15-22)29-17-23(20-10-6-3-7-11-20)24-25(29)27-18-28(26(24)30)16-19-8-4-2-5-9-19/h2-15,17-18H,16H2,1H3. The minimum atomic E-state index is -0.0556. The van der Waals surface area contributed by atoms with Crippen LogP contribution in [0.3, 0.4) is 0 Å². The first kappa shape index (κ1) is 18.9. The summed E-state index contributed by atoms with van der Waals surface area (Å²) < 4.78 is 8.91. The van der Waals surface area contributed by atoms with Crippen molar-refractivity contribution >= 4 is 11.0 Å². The quantitative estimate of drug-likeness (QED) is 0.416. The summed E-state index contributed by atoms with van der Waals surface area (Å²) >= 11 is 0. The Morgan fingerprint density at radius 3 is 2.23 bits per heavy atom. The molecule has 31 heavy (non-hydrogen) atoms. The number of nitrogens with zero attached hydrogens (tertiary/aromatic N) is 3. The number of fused-ring (bicyclic) bond motifs is 1. The molecule has 5 nitrogen and oxygen atoms in total. The average Bonchev–Trinajstić information content (AvgIpc) is 3.23. The minimum absolute atomic E-state index is 0.0556. The highest BCUT2D eigenvalue weighted by molar-refractivity contribution is 5.94. The van der Waals surface area contributed by atoms with Gasteiger partial charge in [0.1, 0.15) is 12.1 Å². The predicted molar refractivity (Wildman–Crippen MR) is 123 cm³/mol.